The molecule has 2 N–H and O–H groups in total. The predicted molar refractivity (Wildman–Crippen MR) is 57.0 cm³/mol. The molecule has 1 atom stereocenters. The number of carboxylic acid groups (broad SMARTS) is 1. The summed E-state index contributed by atoms with van der Waals surface area (Å²) in [7, 11) is 1.60. The van der Waals surface area contributed by atoms with Crippen molar-refractivity contribution >= 4 is 5.97 Å². The second-order valence-electron chi connectivity index (χ2n) is 3.55. The SMILES string of the molecule is CCCOCCOCC(C)(NC)C(=O)O. The fourth-order valence-electron chi connectivity index (χ4n) is 0.881. The van der Waals surface area contributed by atoms with Gasteiger partial charge in [0.1, 0.15) is 5.54 Å². The first-order valence-electron chi connectivity index (χ1n) is 5.14. The van der Waals surface area contributed by atoms with Crippen LogP contribution in [0.1, 0.15) is 20.3 Å². The molecule has 0 aromatic rings. The van der Waals surface area contributed by atoms with Crippen LogP contribution in [0.25, 0.3) is 0 Å². The van der Waals surface area contributed by atoms with Crippen molar-refractivity contribution in [3.8, 4) is 0 Å². The number of carboxylic acids is 1. The summed E-state index contributed by atoms with van der Waals surface area (Å²) in [6.45, 7) is 5.39. The molecular formula is C10H21NO4. The van der Waals surface area contributed by atoms with Crippen LogP contribution in [0.5, 0.6) is 0 Å². The van der Waals surface area contributed by atoms with Crippen LogP contribution in [-0.2, 0) is 14.3 Å². The minimum atomic E-state index is -1.02. The van der Waals surface area contributed by atoms with E-state index in [1.54, 1.807) is 14.0 Å². The van der Waals surface area contributed by atoms with E-state index in [-0.39, 0.29) is 6.61 Å². The maximum Gasteiger partial charge on any atom is 0.326 e. The summed E-state index contributed by atoms with van der Waals surface area (Å²) in [6.07, 6.45) is 0.976. The van der Waals surface area contributed by atoms with Crippen molar-refractivity contribution in [2.75, 3.05) is 33.5 Å². The van der Waals surface area contributed by atoms with Crippen LogP contribution in [0.2, 0.25) is 0 Å². The first kappa shape index (κ1) is 14.3. The Morgan fingerprint density at radius 1 is 1.33 bits per heavy atom. The van der Waals surface area contributed by atoms with Gasteiger partial charge < -0.3 is 19.9 Å². The standard InChI is InChI=1S/C10H21NO4/c1-4-5-14-6-7-15-8-10(2,11-3)9(12)13/h11H,4-8H2,1-3H3,(H,12,13). The van der Waals surface area contributed by atoms with E-state index >= 15 is 0 Å². The molecule has 0 aliphatic rings. The fourth-order valence-corrected chi connectivity index (χ4v) is 0.881. The minimum absolute atomic E-state index is 0.133. The zero-order valence-corrected chi connectivity index (χ0v) is 9.71. The summed E-state index contributed by atoms with van der Waals surface area (Å²) in [5.41, 5.74) is -1.02. The van der Waals surface area contributed by atoms with Gasteiger partial charge in [-0.05, 0) is 20.4 Å². The van der Waals surface area contributed by atoms with Crippen molar-refractivity contribution in [1.82, 2.24) is 5.32 Å². The average Bonchev–Trinajstić information content (AvgIpc) is 2.22. The Bertz CT molecular complexity index is 186. The minimum Gasteiger partial charge on any atom is -0.480 e. The molecule has 0 spiro atoms. The van der Waals surface area contributed by atoms with E-state index in [1.807, 2.05) is 6.92 Å². The smallest absolute Gasteiger partial charge is 0.326 e. The second-order valence-corrected chi connectivity index (χ2v) is 3.55. The topological polar surface area (TPSA) is 67.8 Å². The molecule has 0 amide bonds. The molecule has 0 saturated carbocycles. The van der Waals surface area contributed by atoms with Crippen LogP contribution < -0.4 is 5.32 Å². The van der Waals surface area contributed by atoms with Gasteiger partial charge in [0, 0.05) is 6.61 Å². The molecule has 0 aromatic carbocycles. The number of likely N-dealkylation sites (N-methyl/N-ethyl adjacent to an activating group) is 1. The van der Waals surface area contributed by atoms with Gasteiger partial charge >= 0.3 is 5.97 Å². The molecule has 0 aliphatic carbocycles. The van der Waals surface area contributed by atoms with E-state index in [0.29, 0.717) is 19.8 Å². The Labute approximate surface area is 90.8 Å². The number of rotatable bonds is 9. The highest BCUT2D eigenvalue weighted by Crippen LogP contribution is 2.03. The van der Waals surface area contributed by atoms with Gasteiger partial charge in [-0.1, -0.05) is 6.92 Å². The van der Waals surface area contributed by atoms with Crippen LogP contribution in [0.4, 0.5) is 0 Å². The number of hydrogen-bond acceptors (Lipinski definition) is 4. The molecule has 0 fully saturated rings. The number of ether oxygens (including phenoxy) is 2. The molecule has 0 saturated heterocycles. The summed E-state index contributed by atoms with van der Waals surface area (Å²) < 4.78 is 10.4. The third kappa shape index (κ3) is 5.71. The zero-order valence-electron chi connectivity index (χ0n) is 9.71. The highest BCUT2D eigenvalue weighted by Gasteiger charge is 2.31. The van der Waals surface area contributed by atoms with E-state index < -0.39 is 11.5 Å². The largest absolute Gasteiger partial charge is 0.480 e. The summed E-state index contributed by atoms with van der Waals surface area (Å²) in [4.78, 5) is 10.8. The number of carbonyl (C=O) groups is 1. The van der Waals surface area contributed by atoms with Crippen molar-refractivity contribution in [3.05, 3.63) is 0 Å². The molecule has 1 unspecified atom stereocenters. The van der Waals surface area contributed by atoms with E-state index in [4.69, 9.17) is 14.6 Å². The predicted octanol–water partition coefficient (Wildman–Crippen LogP) is 0.492. The zero-order chi connectivity index (χ0) is 11.7. The molecule has 5 heteroatoms. The molecule has 15 heavy (non-hydrogen) atoms. The van der Waals surface area contributed by atoms with Crippen LogP contribution in [-0.4, -0.2) is 50.1 Å². The Morgan fingerprint density at radius 2 is 1.93 bits per heavy atom. The lowest BCUT2D eigenvalue weighted by molar-refractivity contribution is -0.146. The summed E-state index contributed by atoms with van der Waals surface area (Å²) >= 11 is 0. The van der Waals surface area contributed by atoms with Gasteiger partial charge in [-0.25, -0.2) is 0 Å². The molecule has 0 rings (SSSR count). The van der Waals surface area contributed by atoms with Crippen molar-refractivity contribution < 1.29 is 19.4 Å². The van der Waals surface area contributed by atoms with Crippen LogP contribution in [0.3, 0.4) is 0 Å². The molecular weight excluding hydrogens is 198 g/mol. The quantitative estimate of drug-likeness (QED) is 0.552. The van der Waals surface area contributed by atoms with Crippen molar-refractivity contribution in [2.45, 2.75) is 25.8 Å². The van der Waals surface area contributed by atoms with E-state index in [2.05, 4.69) is 5.32 Å². The average molecular weight is 219 g/mol. The Hall–Kier alpha value is -0.650. The highest BCUT2D eigenvalue weighted by atomic mass is 16.5. The Morgan fingerprint density at radius 3 is 2.40 bits per heavy atom. The lowest BCUT2D eigenvalue weighted by Gasteiger charge is -2.23. The lowest BCUT2D eigenvalue weighted by atomic mass is 10.1. The Kier molecular flexibility index (Phi) is 7.29. The fraction of sp³-hybridized carbons (Fsp3) is 0.900. The summed E-state index contributed by atoms with van der Waals surface area (Å²) in [5, 5.41) is 11.6. The maximum atomic E-state index is 10.8. The maximum absolute atomic E-state index is 10.8. The van der Waals surface area contributed by atoms with E-state index in [1.165, 1.54) is 0 Å². The van der Waals surface area contributed by atoms with Gasteiger partial charge in [0.05, 0.1) is 19.8 Å². The molecule has 0 aliphatic heterocycles. The molecule has 0 aromatic heterocycles. The molecule has 0 radical (unpaired) electrons. The van der Waals surface area contributed by atoms with E-state index in [0.717, 1.165) is 6.42 Å². The van der Waals surface area contributed by atoms with Crippen LogP contribution in [0, 0.1) is 0 Å². The third-order valence-corrected chi connectivity index (χ3v) is 2.14. The first-order chi connectivity index (χ1) is 7.06. The summed E-state index contributed by atoms with van der Waals surface area (Å²) in [5.74, 6) is -0.917. The second kappa shape index (κ2) is 7.62. The van der Waals surface area contributed by atoms with Gasteiger partial charge in [-0.2, -0.15) is 0 Å². The van der Waals surface area contributed by atoms with Crippen LogP contribution in [0.15, 0.2) is 0 Å². The number of aliphatic carboxylic acids is 1. The van der Waals surface area contributed by atoms with Crippen molar-refractivity contribution in [3.63, 3.8) is 0 Å². The van der Waals surface area contributed by atoms with Gasteiger partial charge in [0.15, 0.2) is 0 Å². The van der Waals surface area contributed by atoms with Crippen molar-refractivity contribution in [2.24, 2.45) is 0 Å². The van der Waals surface area contributed by atoms with Crippen LogP contribution >= 0.6 is 0 Å². The number of hydrogen-bond donors (Lipinski definition) is 2. The third-order valence-electron chi connectivity index (χ3n) is 2.14. The van der Waals surface area contributed by atoms with Gasteiger partial charge in [0.25, 0.3) is 0 Å². The first-order valence-corrected chi connectivity index (χ1v) is 5.14. The molecule has 90 valence electrons. The molecule has 5 nitrogen and oxygen atoms in total. The van der Waals surface area contributed by atoms with Gasteiger partial charge in [-0.15, -0.1) is 0 Å². The summed E-state index contributed by atoms with van der Waals surface area (Å²) in [6, 6.07) is 0. The van der Waals surface area contributed by atoms with Gasteiger partial charge in [0.2, 0.25) is 0 Å². The molecule has 0 bridgehead atoms. The lowest BCUT2D eigenvalue weighted by Crippen LogP contribution is -2.51. The molecule has 0 heterocycles. The highest BCUT2D eigenvalue weighted by molar-refractivity contribution is 5.78. The number of nitrogens with one attached hydrogen (secondary N) is 1. The van der Waals surface area contributed by atoms with Crippen molar-refractivity contribution in [1.29, 1.82) is 0 Å². The monoisotopic (exact) mass is 219 g/mol. The Balaban J connectivity index is 3.60. The van der Waals surface area contributed by atoms with E-state index in [9.17, 15) is 4.79 Å². The normalized spacial score (nSPS) is 14.9. The van der Waals surface area contributed by atoms with Gasteiger partial charge in [-0.3, -0.25) is 4.79 Å².